The van der Waals surface area contributed by atoms with E-state index in [1.165, 1.54) is 18.3 Å². The number of nitrogens with one attached hydrogen (secondary N) is 2. The van der Waals surface area contributed by atoms with E-state index >= 15 is 0 Å². The van der Waals surface area contributed by atoms with E-state index in [1.54, 1.807) is 24.3 Å². The van der Waals surface area contributed by atoms with Crippen molar-refractivity contribution < 1.29 is 19.1 Å². The maximum Gasteiger partial charge on any atom is 0.258 e. The van der Waals surface area contributed by atoms with Gasteiger partial charge >= 0.3 is 0 Å². The summed E-state index contributed by atoms with van der Waals surface area (Å²) in [5.41, 5.74) is 0.908. The molecule has 0 bridgehead atoms. The number of aromatic nitrogens is 1. The van der Waals surface area contributed by atoms with Crippen LogP contribution < -0.4 is 15.4 Å². The van der Waals surface area contributed by atoms with Crippen LogP contribution in [0.2, 0.25) is 5.02 Å². The molecule has 2 heterocycles. The lowest BCUT2D eigenvalue weighted by Crippen LogP contribution is -2.57. The lowest BCUT2D eigenvalue weighted by Gasteiger charge is -2.33. The van der Waals surface area contributed by atoms with Crippen LogP contribution in [0.25, 0.3) is 11.3 Å². The van der Waals surface area contributed by atoms with E-state index in [0.29, 0.717) is 53.5 Å². The Morgan fingerprint density at radius 1 is 1.11 bits per heavy atom. The van der Waals surface area contributed by atoms with Gasteiger partial charge in [-0.15, -0.1) is 0 Å². The van der Waals surface area contributed by atoms with Crippen LogP contribution in [0.1, 0.15) is 48.0 Å². The molecule has 2 atom stereocenters. The highest BCUT2D eigenvalue weighted by Crippen LogP contribution is 2.26. The summed E-state index contributed by atoms with van der Waals surface area (Å²) >= 11 is 6.23. The Morgan fingerprint density at radius 2 is 1.79 bits per heavy atom. The molecule has 0 radical (unpaired) electrons. The van der Waals surface area contributed by atoms with Crippen molar-refractivity contribution in [1.82, 2.24) is 10.6 Å². The number of ether oxygens (including phenoxy) is 1. The minimum Gasteiger partial charge on any atom is -0.618 e. The Bertz CT molecular complexity index is 1340. The molecule has 0 spiro atoms. The summed E-state index contributed by atoms with van der Waals surface area (Å²) in [7, 11) is 0. The standard InChI is InChI=1S/C29H29ClN4O4/c1-20(21-7-3-2-4-8-21)17-25(28(36)33-29(19-31)13-15-38-16-14-29)32-27(35)22-11-12-26(34(37)18-22)23-9-5-6-10-24(23)30/h2-12,18,20,25H,13-17H2,1H3,(H,32,35)(H,33,36)/t20-,25-/m0/s1. The molecule has 1 aliphatic rings. The van der Waals surface area contributed by atoms with E-state index in [4.69, 9.17) is 16.3 Å². The largest absolute Gasteiger partial charge is 0.618 e. The van der Waals surface area contributed by atoms with Crippen molar-refractivity contribution in [3.05, 3.63) is 94.3 Å². The molecule has 3 aromatic rings. The van der Waals surface area contributed by atoms with E-state index in [0.717, 1.165) is 5.56 Å². The molecule has 9 heteroatoms. The van der Waals surface area contributed by atoms with Gasteiger partial charge in [0.05, 0.1) is 16.7 Å². The van der Waals surface area contributed by atoms with Crippen molar-refractivity contribution in [3.63, 3.8) is 0 Å². The average Bonchev–Trinajstić information content (AvgIpc) is 2.94. The zero-order chi connectivity index (χ0) is 27.1. The summed E-state index contributed by atoms with van der Waals surface area (Å²) in [5, 5.41) is 28.7. The first kappa shape index (κ1) is 27.1. The monoisotopic (exact) mass is 532 g/mol. The van der Waals surface area contributed by atoms with Crippen molar-refractivity contribution in [3.8, 4) is 17.3 Å². The molecular formula is C29H29ClN4O4. The molecule has 0 aliphatic carbocycles. The highest BCUT2D eigenvalue weighted by molar-refractivity contribution is 6.33. The molecule has 2 N–H and O–H groups in total. The summed E-state index contributed by atoms with van der Waals surface area (Å²) in [6.45, 7) is 2.71. The second-order valence-corrected chi connectivity index (χ2v) is 9.88. The zero-order valence-corrected chi connectivity index (χ0v) is 21.8. The van der Waals surface area contributed by atoms with Crippen molar-refractivity contribution >= 4 is 23.4 Å². The van der Waals surface area contributed by atoms with Gasteiger partial charge in [0.2, 0.25) is 11.6 Å². The minimum atomic E-state index is -1.05. The van der Waals surface area contributed by atoms with Gasteiger partial charge in [-0.05, 0) is 36.1 Å². The van der Waals surface area contributed by atoms with Crippen LogP contribution in [0.3, 0.4) is 0 Å². The van der Waals surface area contributed by atoms with Crippen molar-refractivity contribution in [2.45, 2.75) is 43.7 Å². The third-order valence-electron chi connectivity index (χ3n) is 6.83. The molecular weight excluding hydrogens is 504 g/mol. The highest BCUT2D eigenvalue weighted by Gasteiger charge is 2.37. The number of hydrogen-bond donors (Lipinski definition) is 2. The Morgan fingerprint density at radius 3 is 2.45 bits per heavy atom. The molecule has 2 aromatic carbocycles. The number of carbonyl (C=O) groups excluding carboxylic acids is 2. The van der Waals surface area contributed by atoms with Gasteiger partial charge in [-0.3, -0.25) is 9.59 Å². The number of rotatable bonds is 8. The Balaban J connectivity index is 1.56. The summed E-state index contributed by atoms with van der Waals surface area (Å²) in [6.07, 6.45) is 2.20. The number of carbonyl (C=O) groups is 2. The first-order chi connectivity index (χ1) is 18.3. The summed E-state index contributed by atoms with van der Waals surface area (Å²) in [6, 6.07) is 20.9. The number of halogens is 1. The number of nitrogens with zero attached hydrogens (tertiary/aromatic N) is 2. The number of benzene rings is 2. The summed E-state index contributed by atoms with van der Waals surface area (Å²) in [5.74, 6) is -1.09. The van der Waals surface area contributed by atoms with Crippen LogP contribution in [0.4, 0.5) is 0 Å². The van der Waals surface area contributed by atoms with Crippen molar-refractivity contribution in [2.24, 2.45) is 0 Å². The second-order valence-electron chi connectivity index (χ2n) is 9.48. The molecule has 196 valence electrons. The fraction of sp³-hybridized carbons (Fsp3) is 0.310. The van der Waals surface area contributed by atoms with E-state index in [-0.39, 0.29) is 11.5 Å². The molecule has 0 saturated carbocycles. The predicted molar refractivity (Wildman–Crippen MR) is 143 cm³/mol. The zero-order valence-electron chi connectivity index (χ0n) is 21.0. The molecule has 4 rings (SSSR count). The highest BCUT2D eigenvalue weighted by atomic mass is 35.5. The van der Waals surface area contributed by atoms with Crippen LogP contribution in [0, 0.1) is 16.5 Å². The first-order valence-corrected chi connectivity index (χ1v) is 12.8. The Kier molecular flexibility index (Phi) is 8.62. The van der Waals surface area contributed by atoms with Crippen LogP contribution in [-0.2, 0) is 9.53 Å². The molecule has 1 fully saturated rings. The molecule has 38 heavy (non-hydrogen) atoms. The molecule has 2 amide bonds. The summed E-state index contributed by atoms with van der Waals surface area (Å²) in [4.78, 5) is 26.7. The van der Waals surface area contributed by atoms with Crippen LogP contribution in [-0.4, -0.2) is 36.6 Å². The lowest BCUT2D eigenvalue weighted by atomic mass is 9.89. The van der Waals surface area contributed by atoms with Gasteiger partial charge in [-0.25, -0.2) is 0 Å². The van der Waals surface area contributed by atoms with E-state index in [1.807, 2.05) is 37.3 Å². The number of pyridine rings is 1. The maximum atomic E-state index is 13.5. The van der Waals surface area contributed by atoms with Gasteiger partial charge in [-0.1, -0.05) is 61.0 Å². The van der Waals surface area contributed by atoms with Gasteiger partial charge in [0.1, 0.15) is 17.1 Å². The third-order valence-corrected chi connectivity index (χ3v) is 7.16. The van der Waals surface area contributed by atoms with E-state index in [9.17, 15) is 20.1 Å². The van der Waals surface area contributed by atoms with Crippen LogP contribution in [0.15, 0.2) is 72.9 Å². The maximum absolute atomic E-state index is 13.5. The van der Waals surface area contributed by atoms with E-state index < -0.39 is 23.4 Å². The third kappa shape index (κ3) is 6.31. The van der Waals surface area contributed by atoms with Crippen LogP contribution >= 0.6 is 11.6 Å². The van der Waals surface area contributed by atoms with Crippen LogP contribution in [0.5, 0.6) is 0 Å². The van der Waals surface area contributed by atoms with Gasteiger partial charge in [-0.2, -0.15) is 9.99 Å². The fourth-order valence-corrected chi connectivity index (χ4v) is 4.78. The molecule has 1 aromatic heterocycles. The van der Waals surface area contributed by atoms with Gasteiger partial charge in [0.25, 0.3) is 5.91 Å². The Labute approximate surface area is 226 Å². The Hall–Kier alpha value is -3.93. The van der Waals surface area contributed by atoms with Gasteiger partial charge < -0.3 is 20.6 Å². The smallest absolute Gasteiger partial charge is 0.258 e. The van der Waals surface area contributed by atoms with Crippen molar-refractivity contribution in [2.75, 3.05) is 13.2 Å². The lowest BCUT2D eigenvalue weighted by molar-refractivity contribution is -0.593. The molecule has 1 aliphatic heterocycles. The fourth-order valence-electron chi connectivity index (χ4n) is 4.54. The number of hydrogen-bond acceptors (Lipinski definition) is 5. The summed E-state index contributed by atoms with van der Waals surface area (Å²) < 4.78 is 5.95. The normalized spacial score (nSPS) is 16.0. The van der Waals surface area contributed by atoms with Gasteiger partial charge in [0.15, 0.2) is 6.20 Å². The molecule has 1 saturated heterocycles. The SMILES string of the molecule is C[C@@H](C[C@H](NC(=O)c1ccc(-c2ccccc2Cl)[n+]([O-])c1)C(=O)NC1(C#N)CCOCC1)c1ccccc1. The topological polar surface area (TPSA) is 118 Å². The van der Waals surface area contributed by atoms with Crippen molar-refractivity contribution in [1.29, 1.82) is 5.26 Å². The first-order valence-electron chi connectivity index (χ1n) is 12.5. The molecule has 8 nitrogen and oxygen atoms in total. The van der Waals surface area contributed by atoms with Gasteiger partial charge in [0, 0.05) is 32.1 Å². The molecule has 0 unspecified atom stereocenters. The quantitative estimate of drug-likeness (QED) is 0.334. The number of nitriles is 1. The van der Waals surface area contributed by atoms with E-state index in [2.05, 4.69) is 16.7 Å². The predicted octanol–water partition coefficient (Wildman–Crippen LogP) is 4.12. The minimum absolute atomic E-state index is 0.0629. The second kappa shape index (κ2) is 12.1. The average molecular weight is 533 g/mol. The number of amides is 2.